The summed E-state index contributed by atoms with van der Waals surface area (Å²) in [5.74, 6) is 1.75. The first-order valence-corrected chi connectivity index (χ1v) is 12.5. The third-order valence-corrected chi connectivity index (χ3v) is 7.58. The van der Waals surface area contributed by atoms with Crippen LogP contribution in [0.1, 0.15) is 5.56 Å². The number of rotatable bonds is 5. The summed E-state index contributed by atoms with van der Waals surface area (Å²) in [5.41, 5.74) is 2.97. The zero-order valence-corrected chi connectivity index (χ0v) is 18.2. The third kappa shape index (κ3) is 4.49. The first-order chi connectivity index (χ1) is 15.1. The molecule has 0 amide bonds. The number of pyridine rings is 2. The van der Waals surface area contributed by atoms with E-state index in [0.717, 1.165) is 32.9 Å². The minimum absolute atomic E-state index is 0.184. The van der Waals surface area contributed by atoms with E-state index in [4.69, 9.17) is 0 Å². The molecule has 158 valence electrons. The summed E-state index contributed by atoms with van der Waals surface area (Å²) in [5, 5.41) is 5.16. The molecular formula is C21H20N6O2S2. The molecule has 0 saturated carbocycles. The molecule has 0 spiro atoms. The van der Waals surface area contributed by atoms with Crippen LogP contribution in [0, 0.1) is 0 Å². The number of anilines is 2. The highest BCUT2D eigenvalue weighted by Crippen LogP contribution is 2.26. The second-order valence-electron chi connectivity index (χ2n) is 7.35. The van der Waals surface area contributed by atoms with Gasteiger partial charge in [0.05, 0.1) is 17.0 Å². The Kier molecular flexibility index (Phi) is 5.24. The average molecular weight is 453 g/mol. The lowest BCUT2D eigenvalue weighted by Crippen LogP contribution is -2.40. The molecule has 1 N–H and O–H groups in total. The summed E-state index contributed by atoms with van der Waals surface area (Å²) in [4.78, 5) is 15.4. The Labute approximate surface area is 184 Å². The Morgan fingerprint density at radius 2 is 1.94 bits per heavy atom. The smallest absolute Gasteiger partial charge is 0.235 e. The monoisotopic (exact) mass is 452 g/mol. The molecule has 1 aromatic carbocycles. The van der Waals surface area contributed by atoms with Crippen molar-refractivity contribution < 1.29 is 8.42 Å². The predicted octanol–water partition coefficient (Wildman–Crippen LogP) is 3.00. The molecule has 4 heterocycles. The van der Waals surface area contributed by atoms with Gasteiger partial charge in [-0.25, -0.2) is 13.4 Å². The Balaban J connectivity index is 1.22. The number of hydrogen-bond acceptors (Lipinski definition) is 9. The summed E-state index contributed by atoms with van der Waals surface area (Å²) >= 11 is 1.35. The molecule has 8 nitrogen and oxygen atoms in total. The van der Waals surface area contributed by atoms with Crippen LogP contribution in [0.25, 0.3) is 21.5 Å². The average Bonchev–Trinajstić information content (AvgIpc) is 3.27. The van der Waals surface area contributed by atoms with Crippen LogP contribution in [0.3, 0.4) is 0 Å². The van der Waals surface area contributed by atoms with E-state index in [1.54, 1.807) is 12.4 Å². The lowest BCUT2D eigenvalue weighted by Gasteiger charge is -2.27. The van der Waals surface area contributed by atoms with E-state index in [1.165, 1.54) is 11.5 Å². The molecule has 3 aromatic heterocycles. The molecule has 0 atom stereocenters. The van der Waals surface area contributed by atoms with Gasteiger partial charge in [-0.3, -0.25) is 4.98 Å². The van der Waals surface area contributed by atoms with Crippen LogP contribution in [0.15, 0.2) is 54.9 Å². The van der Waals surface area contributed by atoms with Gasteiger partial charge >= 0.3 is 0 Å². The fourth-order valence-electron chi connectivity index (χ4n) is 3.45. The quantitative estimate of drug-likeness (QED) is 0.493. The predicted molar refractivity (Wildman–Crippen MR) is 123 cm³/mol. The van der Waals surface area contributed by atoms with Crippen molar-refractivity contribution in [3.8, 4) is 10.6 Å². The summed E-state index contributed by atoms with van der Waals surface area (Å²) < 4.78 is 27.6. The third-order valence-electron chi connectivity index (χ3n) is 5.20. The highest BCUT2D eigenvalue weighted by atomic mass is 32.2. The van der Waals surface area contributed by atoms with Gasteiger partial charge in [0, 0.05) is 43.0 Å². The maximum absolute atomic E-state index is 11.6. The summed E-state index contributed by atoms with van der Waals surface area (Å²) in [6.07, 6.45) is 3.59. The summed E-state index contributed by atoms with van der Waals surface area (Å²) in [7, 11) is -2.90. The second-order valence-corrected chi connectivity index (χ2v) is 10.4. The minimum atomic E-state index is -2.90. The van der Waals surface area contributed by atoms with Gasteiger partial charge in [-0.05, 0) is 47.4 Å². The zero-order chi connectivity index (χ0) is 21.3. The number of nitrogens with zero attached hydrogens (tertiary/aromatic N) is 5. The normalized spacial score (nSPS) is 15.8. The number of aromatic nitrogens is 4. The SMILES string of the molecule is O=S1(=O)CCN(c2ccc(CNc3nsc(-c4ccc5ncccc5c4)n3)cn2)CC1. The van der Waals surface area contributed by atoms with Crippen LogP contribution in [0.5, 0.6) is 0 Å². The molecule has 0 bridgehead atoms. The van der Waals surface area contributed by atoms with Gasteiger partial charge in [0.15, 0.2) is 9.84 Å². The van der Waals surface area contributed by atoms with Crippen LogP contribution < -0.4 is 10.2 Å². The largest absolute Gasteiger partial charge is 0.355 e. The fourth-order valence-corrected chi connectivity index (χ4v) is 5.29. The van der Waals surface area contributed by atoms with Crippen molar-refractivity contribution in [1.29, 1.82) is 0 Å². The second kappa shape index (κ2) is 8.20. The van der Waals surface area contributed by atoms with Crippen LogP contribution in [-0.2, 0) is 16.4 Å². The highest BCUT2D eigenvalue weighted by molar-refractivity contribution is 7.91. The Morgan fingerprint density at radius 1 is 1.06 bits per heavy atom. The van der Waals surface area contributed by atoms with Crippen molar-refractivity contribution in [1.82, 2.24) is 19.3 Å². The molecule has 31 heavy (non-hydrogen) atoms. The van der Waals surface area contributed by atoms with Gasteiger partial charge in [0.2, 0.25) is 5.95 Å². The molecule has 0 aliphatic carbocycles. The number of benzene rings is 1. The Morgan fingerprint density at radius 3 is 2.74 bits per heavy atom. The van der Waals surface area contributed by atoms with Crippen molar-refractivity contribution in [2.75, 3.05) is 34.8 Å². The van der Waals surface area contributed by atoms with Crippen LogP contribution in [0.4, 0.5) is 11.8 Å². The first-order valence-electron chi connectivity index (χ1n) is 9.89. The van der Waals surface area contributed by atoms with Crippen molar-refractivity contribution in [3.63, 3.8) is 0 Å². The Hall–Kier alpha value is -3.11. The van der Waals surface area contributed by atoms with Crippen molar-refractivity contribution in [2.24, 2.45) is 0 Å². The van der Waals surface area contributed by atoms with E-state index < -0.39 is 9.84 Å². The van der Waals surface area contributed by atoms with E-state index in [-0.39, 0.29) is 11.5 Å². The van der Waals surface area contributed by atoms with Crippen LogP contribution in [-0.4, -0.2) is 52.3 Å². The van der Waals surface area contributed by atoms with E-state index in [2.05, 4.69) is 30.7 Å². The van der Waals surface area contributed by atoms with Gasteiger partial charge in [-0.1, -0.05) is 12.1 Å². The number of fused-ring (bicyclic) bond motifs is 1. The summed E-state index contributed by atoms with van der Waals surface area (Å²) in [6, 6.07) is 13.9. The highest BCUT2D eigenvalue weighted by Gasteiger charge is 2.22. The topological polar surface area (TPSA) is 101 Å². The zero-order valence-electron chi connectivity index (χ0n) is 16.6. The van der Waals surface area contributed by atoms with Gasteiger partial charge in [0.25, 0.3) is 0 Å². The molecule has 1 aliphatic rings. The maximum atomic E-state index is 11.6. The van der Waals surface area contributed by atoms with Gasteiger partial charge in [-0.2, -0.15) is 9.36 Å². The van der Waals surface area contributed by atoms with Gasteiger partial charge < -0.3 is 10.2 Å². The molecule has 4 aromatic rings. The number of hydrogen-bond donors (Lipinski definition) is 1. The molecule has 1 saturated heterocycles. The van der Waals surface area contributed by atoms with Crippen LogP contribution in [0.2, 0.25) is 0 Å². The van der Waals surface area contributed by atoms with E-state index >= 15 is 0 Å². The summed E-state index contributed by atoms with van der Waals surface area (Å²) in [6.45, 7) is 1.53. The fraction of sp³-hybridized carbons (Fsp3) is 0.238. The number of nitrogens with one attached hydrogen (secondary N) is 1. The lowest BCUT2D eigenvalue weighted by molar-refractivity contribution is 0.586. The van der Waals surface area contributed by atoms with Crippen molar-refractivity contribution >= 4 is 44.0 Å². The van der Waals surface area contributed by atoms with E-state index in [0.29, 0.717) is 25.6 Å². The van der Waals surface area contributed by atoms with Crippen molar-refractivity contribution in [3.05, 3.63) is 60.4 Å². The lowest BCUT2D eigenvalue weighted by atomic mass is 10.1. The molecular weight excluding hydrogens is 432 g/mol. The molecule has 10 heteroatoms. The first kappa shape index (κ1) is 19.8. The number of sulfone groups is 1. The molecule has 0 unspecified atom stereocenters. The molecule has 1 aliphatic heterocycles. The minimum Gasteiger partial charge on any atom is -0.355 e. The maximum Gasteiger partial charge on any atom is 0.235 e. The van der Waals surface area contributed by atoms with E-state index in [1.807, 2.05) is 41.3 Å². The standard InChI is InChI=1S/C21H20N6O2S2/c28-31(29)10-8-27(9-11-31)19-6-3-15(13-23-19)14-24-21-25-20(30-26-21)17-4-5-18-16(12-17)2-1-7-22-18/h1-7,12-13H,8-11,14H2,(H,24,26). The van der Waals surface area contributed by atoms with Crippen molar-refractivity contribution in [2.45, 2.75) is 6.54 Å². The van der Waals surface area contributed by atoms with Gasteiger partial charge in [-0.15, -0.1) is 0 Å². The van der Waals surface area contributed by atoms with Gasteiger partial charge in [0.1, 0.15) is 10.8 Å². The Bertz CT molecular complexity index is 1310. The molecule has 1 fully saturated rings. The molecule has 0 radical (unpaired) electrons. The van der Waals surface area contributed by atoms with Crippen LogP contribution >= 0.6 is 11.5 Å². The van der Waals surface area contributed by atoms with E-state index in [9.17, 15) is 8.42 Å². The molecule has 5 rings (SSSR count).